The second-order valence-electron chi connectivity index (χ2n) is 7.51. The number of fused-ring (bicyclic) bond motifs is 1. The number of hydrogen-bond acceptors (Lipinski definition) is 2. The van der Waals surface area contributed by atoms with Gasteiger partial charge >= 0.3 is 0 Å². The lowest BCUT2D eigenvalue weighted by molar-refractivity contribution is 0.241. The van der Waals surface area contributed by atoms with Crippen molar-refractivity contribution in [3.63, 3.8) is 0 Å². The van der Waals surface area contributed by atoms with Gasteiger partial charge in [0.2, 0.25) is 0 Å². The Labute approximate surface area is 149 Å². The van der Waals surface area contributed by atoms with E-state index in [-0.39, 0.29) is 11.2 Å². The number of aromatic amines is 1. The molecule has 0 unspecified atom stereocenters. The van der Waals surface area contributed by atoms with E-state index in [0.717, 1.165) is 48.5 Å². The maximum Gasteiger partial charge on any atom is 0.191 e. The van der Waals surface area contributed by atoms with E-state index in [1.165, 1.54) is 6.07 Å². The van der Waals surface area contributed by atoms with Gasteiger partial charge in [0.1, 0.15) is 5.82 Å². The maximum absolute atomic E-state index is 13.4. The first-order valence-corrected chi connectivity index (χ1v) is 8.65. The van der Waals surface area contributed by atoms with Crippen molar-refractivity contribution in [1.29, 1.82) is 0 Å². The number of aliphatic imine (C=N–C) groups is 1. The molecule has 0 spiro atoms. The molecule has 1 aromatic carbocycles. The molecule has 0 saturated heterocycles. The van der Waals surface area contributed by atoms with Crippen LogP contribution in [0.15, 0.2) is 29.4 Å². The van der Waals surface area contributed by atoms with Crippen LogP contribution in [0, 0.1) is 11.2 Å². The monoisotopic (exact) mass is 347 g/mol. The molecular weight excluding hydrogens is 317 g/mol. The van der Waals surface area contributed by atoms with Gasteiger partial charge < -0.3 is 20.5 Å². The number of nitrogens with one attached hydrogen (secondary N) is 3. The SMILES string of the molecule is CN=C(NCCc1c[nH]c2ccc(F)cc12)NCC(C)(C)CN(C)C. The lowest BCUT2D eigenvalue weighted by Gasteiger charge is -2.29. The number of guanidine groups is 1. The van der Waals surface area contributed by atoms with Crippen LogP contribution >= 0.6 is 0 Å². The average Bonchev–Trinajstić information content (AvgIpc) is 2.91. The zero-order chi connectivity index (χ0) is 18.4. The fourth-order valence-electron chi connectivity index (χ4n) is 3.13. The topological polar surface area (TPSA) is 55.5 Å². The predicted molar refractivity (Wildman–Crippen MR) is 104 cm³/mol. The molecule has 1 aromatic heterocycles. The van der Waals surface area contributed by atoms with Crippen molar-refractivity contribution >= 4 is 16.9 Å². The van der Waals surface area contributed by atoms with E-state index in [0.29, 0.717) is 0 Å². The third-order valence-corrected chi connectivity index (χ3v) is 4.12. The second kappa shape index (κ2) is 8.34. The third kappa shape index (κ3) is 5.74. The van der Waals surface area contributed by atoms with E-state index in [2.05, 4.69) is 53.5 Å². The lowest BCUT2D eigenvalue weighted by Crippen LogP contribution is -2.45. The highest BCUT2D eigenvalue weighted by molar-refractivity contribution is 5.83. The standard InChI is InChI=1S/C19H30FN5/c1-19(2,13-25(4)5)12-24-18(21-3)22-9-8-14-11-23-17-7-6-15(20)10-16(14)17/h6-7,10-11,23H,8-9,12-13H2,1-5H3,(H2,21,22,24). The Hall–Kier alpha value is -2.08. The summed E-state index contributed by atoms with van der Waals surface area (Å²) in [4.78, 5) is 9.65. The van der Waals surface area contributed by atoms with Gasteiger partial charge in [-0.15, -0.1) is 0 Å². The van der Waals surface area contributed by atoms with E-state index in [1.807, 2.05) is 6.20 Å². The van der Waals surface area contributed by atoms with Crippen LogP contribution in [-0.4, -0.2) is 56.6 Å². The Morgan fingerprint density at radius 3 is 2.72 bits per heavy atom. The average molecular weight is 347 g/mol. The molecule has 2 rings (SSSR count). The fraction of sp³-hybridized carbons (Fsp3) is 0.526. The summed E-state index contributed by atoms with van der Waals surface area (Å²) in [5, 5.41) is 7.66. The van der Waals surface area contributed by atoms with Crippen LogP contribution in [0.5, 0.6) is 0 Å². The highest BCUT2D eigenvalue weighted by Gasteiger charge is 2.19. The summed E-state index contributed by atoms with van der Waals surface area (Å²) >= 11 is 0. The second-order valence-corrected chi connectivity index (χ2v) is 7.51. The minimum absolute atomic E-state index is 0.148. The summed E-state index contributed by atoms with van der Waals surface area (Å²) in [5.41, 5.74) is 2.21. The Morgan fingerprint density at radius 1 is 1.28 bits per heavy atom. The van der Waals surface area contributed by atoms with Crippen molar-refractivity contribution in [1.82, 2.24) is 20.5 Å². The van der Waals surface area contributed by atoms with Gasteiger partial charge in [0.15, 0.2) is 5.96 Å². The first kappa shape index (κ1) is 19.2. The smallest absolute Gasteiger partial charge is 0.191 e. The van der Waals surface area contributed by atoms with Gasteiger partial charge in [-0.1, -0.05) is 13.8 Å². The minimum atomic E-state index is -0.207. The number of nitrogens with zero attached hydrogens (tertiary/aromatic N) is 2. The minimum Gasteiger partial charge on any atom is -0.361 e. The van der Waals surface area contributed by atoms with Gasteiger partial charge in [-0.3, -0.25) is 4.99 Å². The number of hydrogen-bond donors (Lipinski definition) is 3. The van der Waals surface area contributed by atoms with Crippen LogP contribution in [0.3, 0.4) is 0 Å². The third-order valence-electron chi connectivity index (χ3n) is 4.12. The Morgan fingerprint density at radius 2 is 2.04 bits per heavy atom. The highest BCUT2D eigenvalue weighted by Crippen LogP contribution is 2.19. The van der Waals surface area contributed by atoms with Crippen molar-refractivity contribution in [3.05, 3.63) is 35.8 Å². The summed E-state index contributed by atoms with van der Waals surface area (Å²) in [6.07, 6.45) is 2.74. The Kier molecular flexibility index (Phi) is 6.42. The molecule has 0 atom stereocenters. The van der Waals surface area contributed by atoms with Gasteiger partial charge in [-0.25, -0.2) is 4.39 Å². The molecule has 0 saturated carbocycles. The van der Waals surface area contributed by atoms with E-state index in [4.69, 9.17) is 0 Å². The number of rotatable bonds is 7. The van der Waals surface area contributed by atoms with Crippen molar-refractivity contribution < 1.29 is 4.39 Å². The van der Waals surface area contributed by atoms with Crippen LogP contribution in [-0.2, 0) is 6.42 Å². The van der Waals surface area contributed by atoms with Crippen molar-refractivity contribution in [2.45, 2.75) is 20.3 Å². The quantitative estimate of drug-likeness (QED) is 0.533. The number of H-pyrrole nitrogens is 1. The molecule has 0 bridgehead atoms. The number of benzene rings is 1. The summed E-state index contributed by atoms with van der Waals surface area (Å²) in [5.74, 6) is 0.583. The van der Waals surface area contributed by atoms with Crippen LogP contribution in [0.1, 0.15) is 19.4 Å². The number of aromatic nitrogens is 1. The van der Waals surface area contributed by atoms with Crippen molar-refractivity contribution in [2.24, 2.45) is 10.4 Å². The van der Waals surface area contributed by atoms with Crippen LogP contribution in [0.2, 0.25) is 0 Å². The molecule has 0 aliphatic heterocycles. The molecule has 25 heavy (non-hydrogen) atoms. The van der Waals surface area contributed by atoms with E-state index < -0.39 is 0 Å². The lowest BCUT2D eigenvalue weighted by atomic mass is 9.93. The fourth-order valence-corrected chi connectivity index (χ4v) is 3.13. The predicted octanol–water partition coefficient (Wildman–Crippen LogP) is 2.60. The first-order chi connectivity index (χ1) is 11.8. The van der Waals surface area contributed by atoms with Gasteiger partial charge in [-0.2, -0.15) is 0 Å². The molecule has 0 aliphatic rings. The van der Waals surface area contributed by atoms with Gasteiger partial charge in [0, 0.05) is 43.8 Å². The van der Waals surface area contributed by atoms with E-state index in [1.54, 1.807) is 19.2 Å². The Balaban J connectivity index is 1.85. The number of halogens is 1. The molecular formula is C19H30FN5. The molecule has 138 valence electrons. The molecule has 0 radical (unpaired) electrons. The first-order valence-electron chi connectivity index (χ1n) is 8.65. The summed E-state index contributed by atoms with van der Waals surface area (Å²) < 4.78 is 13.4. The molecule has 0 amide bonds. The summed E-state index contributed by atoms with van der Waals surface area (Å²) in [7, 11) is 5.94. The molecule has 2 aromatic rings. The normalized spacial score (nSPS) is 12.8. The van der Waals surface area contributed by atoms with Crippen LogP contribution < -0.4 is 10.6 Å². The summed E-state index contributed by atoms with van der Waals surface area (Å²) in [6, 6.07) is 4.83. The molecule has 0 fully saturated rings. The molecule has 1 heterocycles. The van der Waals surface area contributed by atoms with Gasteiger partial charge in [0.05, 0.1) is 0 Å². The van der Waals surface area contributed by atoms with Crippen molar-refractivity contribution in [3.8, 4) is 0 Å². The van der Waals surface area contributed by atoms with Crippen molar-refractivity contribution in [2.75, 3.05) is 40.8 Å². The maximum atomic E-state index is 13.4. The molecule has 0 aliphatic carbocycles. The Bertz CT molecular complexity index is 718. The van der Waals surface area contributed by atoms with Crippen LogP contribution in [0.4, 0.5) is 4.39 Å². The van der Waals surface area contributed by atoms with Gasteiger partial charge in [-0.05, 0) is 49.7 Å². The van der Waals surface area contributed by atoms with E-state index in [9.17, 15) is 4.39 Å². The zero-order valence-corrected chi connectivity index (χ0v) is 15.9. The largest absolute Gasteiger partial charge is 0.361 e. The summed E-state index contributed by atoms with van der Waals surface area (Å²) in [6.45, 7) is 7.03. The van der Waals surface area contributed by atoms with Crippen LogP contribution in [0.25, 0.3) is 10.9 Å². The zero-order valence-electron chi connectivity index (χ0n) is 15.9. The molecule has 5 nitrogen and oxygen atoms in total. The molecule has 3 N–H and O–H groups in total. The highest BCUT2D eigenvalue weighted by atomic mass is 19.1. The molecule has 6 heteroatoms. The van der Waals surface area contributed by atoms with E-state index >= 15 is 0 Å². The van der Waals surface area contributed by atoms with Gasteiger partial charge in [0.25, 0.3) is 0 Å².